The van der Waals surface area contributed by atoms with E-state index in [1.165, 1.54) is 13.8 Å². The standard InChI is InChI=1S/C5H9F3O3S.C4H6N2/c1-3-4(2)11-12(9,10)5(6,7)8;1-6-3-2-5-4-6/h4H,3H2,1-2H3;2-4H,1H3/p+1. The van der Waals surface area contributed by atoms with Crippen LogP contribution in [0.3, 0.4) is 0 Å². The molecule has 1 heterocycles. The van der Waals surface area contributed by atoms with Crippen molar-refractivity contribution in [2.45, 2.75) is 31.9 Å². The molecule has 1 aromatic rings. The Bertz CT molecular complexity index is 428. The van der Waals surface area contributed by atoms with Gasteiger partial charge in [-0.25, -0.2) is 4.57 Å². The van der Waals surface area contributed by atoms with Crippen LogP contribution in [0.5, 0.6) is 0 Å². The summed E-state index contributed by atoms with van der Waals surface area (Å²) in [5.41, 5.74) is -5.32. The van der Waals surface area contributed by atoms with Crippen LogP contribution in [0, 0.1) is 0 Å². The Kier molecular flexibility index (Phi) is 6.33. The van der Waals surface area contributed by atoms with E-state index < -0.39 is 21.7 Å². The smallest absolute Gasteiger partial charge is 0.260 e. The number of hydrogen-bond acceptors (Lipinski definition) is 3. The summed E-state index contributed by atoms with van der Waals surface area (Å²) in [5, 5.41) is 0. The van der Waals surface area contributed by atoms with E-state index in [-0.39, 0.29) is 6.42 Å². The molecule has 18 heavy (non-hydrogen) atoms. The molecule has 5 nitrogen and oxygen atoms in total. The third kappa shape index (κ3) is 6.01. The molecular weight excluding hydrogens is 273 g/mol. The van der Waals surface area contributed by atoms with Gasteiger partial charge in [0.15, 0.2) is 0 Å². The highest BCUT2D eigenvalue weighted by Gasteiger charge is 2.47. The second-order valence-corrected chi connectivity index (χ2v) is 5.06. The molecule has 0 radical (unpaired) electrons. The van der Waals surface area contributed by atoms with Gasteiger partial charge in [0, 0.05) is 0 Å². The number of imidazole rings is 1. The van der Waals surface area contributed by atoms with Crippen LogP contribution in [-0.2, 0) is 21.3 Å². The molecule has 0 aliphatic carbocycles. The van der Waals surface area contributed by atoms with E-state index in [0.29, 0.717) is 0 Å². The average Bonchev–Trinajstić information content (AvgIpc) is 2.67. The minimum absolute atomic E-state index is 0.204. The number of nitrogens with zero attached hydrogens (tertiary/aromatic N) is 1. The van der Waals surface area contributed by atoms with Gasteiger partial charge < -0.3 is 0 Å². The summed E-state index contributed by atoms with van der Waals surface area (Å²) >= 11 is 0. The number of hydrogen-bond donors (Lipinski definition) is 1. The fourth-order valence-corrected chi connectivity index (χ4v) is 1.38. The van der Waals surface area contributed by atoms with Gasteiger partial charge in [0.05, 0.1) is 13.2 Å². The molecule has 1 unspecified atom stereocenters. The van der Waals surface area contributed by atoms with Crippen LogP contribution in [0.1, 0.15) is 20.3 Å². The maximum atomic E-state index is 11.6. The van der Waals surface area contributed by atoms with E-state index in [4.69, 9.17) is 0 Å². The molecule has 0 amide bonds. The first-order chi connectivity index (χ1) is 8.10. The van der Waals surface area contributed by atoms with Crippen LogP contribution < -0.4 is 4.57 Å². The zero-order valence-electron chi connectivity index (χ0n) is 10.2. The highest BCUT2D eigenvalue weighted by atomic mass is 32.2. The van der Waals surface area contributed by atoms with Crippen molar-refractivity contribution in [2.24, 2.45) is 7.05 Å². The van der Waals surface area contributed by atoms with E-state index in [9.17, 15) is 21.6 Å². The highest BCUT2D eigenvalue weighted by Crippen LogP contribution is 2.25. The molecule has 0 saturated heterocycles. The summed E-state index contributed by atoms with van der Waals surface area (Å²) in [6.07, 6.45) is 4.95. The predicted molar refractivity (Wildman–Crippen MR) is 57.8 cm³/mol. The van der Waals surface area contributed by atoms with Gasteiger partial charge >= 0.3 is 15.6 Å². The first-order valence-corrected chi connectivity index (χ1v) is 6.48. The normalized spacial score (nSPS) is 13.7. The molecule has 1 aromatic heterocycles. The van der Waals surface area contributed by atoms with E-state index in [0.717, 1.165) is 0 Å². The highest BCUT2D eigenvalue weighted by molar-refractivity contribution is 7.87. The number of halogens is 3. The van der Waals surface area contributed by atoms with Crippen molar-refractivity contribution in [3.05, 3.63) is 18.7 Å². The fourth-order valence-electron chi connectivity index (χ4n) is 0.703. The van der Waals surface area contributed by atoms with Crippen molar-refractivity contribution in [3.8, 4) is 0 Å². The number of aromatic nitrogens is 2. The maximum Gasteiger partial charge on any atom is 0.523 e. The molecule has 9 heteroatoms. The van der Waals surface area contributed by atoms with E-state index in [2.05, 4.69) is 9.17 Å². The van der Waals surface area contributed by atoms with Gasteiger partial charge in [-0.15, -0.1) is 0 Å². The number of aromatic amines is 1. The summed E-state index contributed by atoms with van der Waals surface area (Å²) in [7, 11) is -3.44. The number of H-pyrrole nitrogens is 1. The third-order valence-corrected chi connectivity index (χ3v) is 2.98. The van der Waals surface area contributed by atoms with E-state index >= 15 is 0 Å². The van der Waals surface area contributed by atoms with Crippen molar-refractivity contribution in [2.75, 3.05) is 0 Å². The second-order valence-electron chi connectivity index (χ2n) is 3.49. The molecule has 106 valence electrons. The summed E-state index contributed by atoms with van der Waals surface area (Å²) in [6.45, 7) is 2.78. The minimum Gasteiger partial charge on any atom is -0.260 e. The zero-order chi connectivity index (χ0) is 14.4. The van der Waals surface area contributed by atoms with Crippen molar-refractivity contribution in [1.29, 1.82) is 0 Å². The Morgan fingerprint density at radius 3 is 2.22 bits per heavy atom. The van der Waals surface area contributed by atoms with Gasteiger partial charge in [0.25, 0.3) is 0 Å². The minimum atomic E-state index is -5.41. The molecule has 1 rings (SSSR count). The first kappa shape index (κ1) is 16.9. The van der Waals surface area contributed by atoms with E-state index in [1.54, 1.807) is 0 Å². The van der Waals surface area contributed by atoms with Gasteiger partial charge in [-0.3, -0.25) is 9.17 Å². The topological polar surface area (TPSA) is 63.0 Å². The Balaban J connectivity index is 0.000000397. The van der Waals surface area contributed by atoms with Gasteiger partial charge in [-0.1, -0.05) is 6.92 Å². The Labute approximate surface area is 104 Å². The van der Waals surface area contributed by atoms with Crippen LogP contribution in [0.2, 0.25) is 0 Å². The van der Waals surface area contributed by atoms with E-state index in [1.807, 2.05) is 30.3 Å². The Morgan fingerprint density at radius 2 is 2.00 bits per heavy atom. The second kappa shape index (κ2) is 6.74. The lowest BCUT2D eigenvalue weighted by atomic mass is 10.3. The number of nitrogens with one attached hydrogen (secondary N) is 1. The summed E-state index contributed by atoms with van der Waals surface area (Å²) in [6, 6.07) is 0. The van der Waals surface area contributed by atoms with Crippen LogP contribution >= 0.6 is 0 Å². The lowest BCUT2D eigenvalue weighted by Gasteiger charge is -2.12. The zero-order valence-corrected chi connectivity index (χ0v) is 11.0. The van der Waals surface area contributed by atoms with Crippen molar-refractivity contribution < 1.29 is 30.3 Å². The van der Waals surface area contributed by atoms with Crippen LogP contribution in [0.25, 0.3) is 0 Å². The summed E-state index contributed by atoms with van der Waals surface area (Å²) < 4.78 is 61.1. The van der Waals surface area contributed by atoms with Crippen molar-refractivity contribution >= 4 is 10.1 Å². The van der Waals surface area contributed by atoms with Gasteiger partial charge in [0.1, 0.15) is 12.4 Å². The number of rotatable bonds is 3. The molecule has 1 atom stereocenters. The molecule has 0 aromatic carbocycles. The number of alkyl halides is 3. The maximum absolute atomic E-state index is 11.6. The molecule has 0 aliphatic heterocycles. The predicted octanol–water partition coefficient (Wildman–Crippen LogP) is 1.49. The van der Waals surface area contributed by atoms with Crippen LogP contribution in [0.15, 0.2) is 18.7 Å². The quantitative estimate of drug-likeness (QED) is 0.521. The Morgan fingerprint density at radius 1 is 1.44 bits per heavy atom. The lowest BCUT2D eigenvalue weighted by molar-refractivity contribution is -0.670. The molecule has 0 aliphatic rings. The SMILES string of the molecule is CCC(C)OS(=O)(=O)C(F)(F)F.C[n+]1cc[nH]c1. The molecule has 0 saturated carbocycles. The average molecular weight is 289 g/mol. The van der Waals surface area contributed by atoms with Gasteiger partial charge in [-0.2, -0.15) is 21.6 Å². The molecular formula is C9H16F3N2O3S+. The molecule has 0 bridgehead atoms. The lowest BCUT2D eigenvalue weighted by Crippen LogP contribution is -2.28. The largest absolute Gasteiger partial charge is 0.523 e. The van der Waals surface area contributed by atoms with Crippen LogP contribution in [-0.4, -0.2) is 25.0 Å². The van der Waals surface area contributed by atoms with Gasteiger partial charge in [-0.05, 0) is 13.3 Å². The Hall–Kier alpha value is -1.09. The summed E-state index contributed by atoms with van der Waals surface area (Å²) in [5.74, 6) is 0. The van der Waals surface area contributed by atoms with Crippen molar-refractivity contribution in [3.63, 3.8) is 0 Å². The molecule has 1 N–H and O–H groups in total. The van der Waals surface area contributed by atoms with Gasteiger partial charge in [0.2, 0.25) is 6.33 Å². The first-order valence-electron chi connectivity index (χ1n) is 5.07. The molecule has 0 fully saturated rings. The van der Waals surface area contributed by atoms with Crippen molar-refractivity contribution in [1.82, 2.24) is 4.98 Å². The number of aryl methyl sites for hydroxylation is 1. The fraction of sp³-hybridized carbons (Fsp3) is 0.667. The third-order valence-electron chi connectivity index (χ3n) is 1.83. The molecule has 0 spiro atoms. The van der Waals surface area contributed by atoms with Crippen LogP contribution in [0.4, 0.5) is 13.2 Å². The summed E-state index contributed by atoms with van der Waals surface area (Å²) in [4.78, 5) is 2.89. The monoisotopic (exact) mass is 289 g/mol.